The van der Waals surface area contributed by atoms with E-state index in [-0.39, 0.29) is 16.5 Å². The molecule has 0 aliphatic carbocycles. The summed E-state index contributed by atoms with van der Waals surface area (Å²) < 4.78 is 0. The van der Waals surface area contributed by atoms with E-state index in [1.165, 1.54) is 12.1 Å². The van der Waals surface area contributed by atoms with Gasteiger partial charge >= 0.3 is 0 Å². The highest BCUT2D eigenvalue weighted by Gasteiger charge is 2.13. The number of carbonyl (C=O) groups is 1. The summed E-state index contributed by atoms with van der Waals surface area (Å²) in [4.78, 5) is 19.9. The number of nitrogens with two attached hydrogens (primary N) is 1. The van der Waals surface area contributed by atoms with Gasteiger partial charge in [-0.05, 0) is 36.8 Å². The third-order valence-electron chi connectivity index (χ3n) is 2.24. The van der Waals surface area contributed by atoms with Gasteiger partial charge in [0.25, 0.3) is 5.91 Å². The van der Waals surface area contributed by atoms with Crippen molar-refractivity contribution in [2.75, 3.05) is 11.1 Å². The molecule has 6 heteroatoms. The number of halogens is 1. The molecule has 0 unspecified atom stereocenters. The Morgan fingerprint density at radius 3 is 2.89 bits per heavy atom. The van der Waals surface area contributed by atoms with Crippen molar-refractivity contribution in [3.63, 3.8) is 0 Å². The van der Waals surface area contributed by atoms with Crippen molar-refractivity contribution >= 4 is 29.1 Å². The van der Waals surface area contributed by atoms with E-state index in [1.54, 1.807) is 12.3 Å². The van der Waals surface area contributed by atoms with Gasteiger partial charge < -0.3 is 11.1 Å². The molecule has 2 aromatic heterocycles. The molecular weight excluding hydrogens is 252 g/mol. The molecule has 2 rings (SSSR count). The van der Waals surface area contributed by atoms with Gasteiger partial charge in [0.1, 0.15) is 17.3 Å². The number of anilines is 2. The van der Waals surface area contributed by atoms with Gasteiger partial charge in [0, 0.05) is 6.20 Å². The summed E-state index contributed by atoms with van der Waals surface area (Å²) in [6, 6.07) is 6.64. The van der Waals surface area contributed by atoms with Gasteiger partial charge in [-0.1, -0.05) is 11.6 Å². The lowest BCUT2D eigenvalue weighted by molar-refractivity contribution is 0.102. The quantitative estimate of drug-likeness (QED) is 0.870. The van der Waals surface area contributed by atoms with Crippen molar-refractivity contribution < 1.29 is 4.79 Å². The fraction of sp³-hybridized carbons (Fsp3) is 0.0833. The summed E-state index contributed by atoms with van der Waals surface area (Å²) in [5, 5.41) is 2.86. The Kier molecular flexibility index (Phi) is 3.43. The summed E-state index contributed by atoms with van der Waals surface area (Å²) in [5.74, 6) is 0.243. The van der Waals surface area contributed by atoms with Crippen LogP contribution in [0.1, 0.15) is 16.1 Å². The smallest absolute Gasteiger partial charge is 0.277 e. The van der Waals surface area contributed by atoms with Crippen LogP contribution in [0.2, 0.25) is 5.02 Å². The Morgan fingerprint density at radius 1 is 1.39 bits per heavy atom. The Balaban J connectivity index is 2.24. The van der Waals surface area contributed by atoms with Crippen molar-refractivity contribution in [1.82, 2.24) is 9.97 Å². The first kappa shape index (κ1) is 12.3. The predicted molar refractivity (Wildman–Crippen MR) is 70.6 cm³/mol. The Hall–Kier alpha value is -2.14. The second-order valence-electron chi connectivity index (χ2n) is 3.74. The van der Waals surface area contributed by atoms with Crippen LogP contribution < -0.4 is 11.1 Å². The van der Waals surface area contributed by atoms with Crippen LogP contribution >= 0.6 is 11.6 Å². The third-order valence-corrected chi connectivity index (χ3v) is 2.54. The van der Waals surface area contributed by atoms with Gasteiger partial charge in [-0.3, -0.25) is 4.79 Å². The van der Waals surface area contributed by atoms with Crippen LogP contribution in [0.15, 0.2) is 30.5 Å². The average molecular weight is 263 g/mol. The highest BCUT2D eigenvalue weighted by molar-refractivity contribution is 6.34. The first-order chi connectivity index (χ1) is 8.56. The molecule has 1 amide bonds. The number of hydrogen-bond donors (Lipinski definition) is 2. The van der Waals surface area contributed by atoms with E-state index in [1.807, 2.05) is 13.0 Å². The van der Waals surface area contributed by atoms with Crippen molar-refractivity contribution in [3.05, 3.63) is 46.7 Å². The zero-order valence-electron chi connectivity index (χ0n) is 9.64. The van der Waals surface area contributed by atoms with Gasteiger partial charge in [0.2, 0.25) is 0 Å². The fourth-order valence-corrected chi connectivity index (χ4v) is 1.59. The largest absolute Gasteiger partial charge is 0.384 e. The maximum absolute atomic E-state index is 11.9. The molecule has 2 aromatic rings. The second-order valence-corrected chi connectivity index (χ2v) is 4.15. The van der Waals surface area contributed by atoms with E-state index >= 15 is 0 Å². The minimum atomic E-state index is -0.439. The number of pyridine rings is 2. The number of hydrogen-bond acceptors (Lipinski definition) is 4. The van der Waals surface area contributed by atoms with Crippen molar-refractivity contribution in [1.29, 1.82) is 0 Å². The van der Waals surface area contributed by atoms with Crippen LogP contribution in [-0.4, -0.2) is 15.9 Å². The van der Waals surface area contributed by atoms with E-state index in [0.717, 1.165) is 5.56 Å². The normalized spacial score (nSPS) is 10.1. The molecule has 0 fully saturated rings. The van der Waals surface area contributed by atoms with Gasteiger partial charge in [-0.2, -0.15) is 0 Å². The van der Waals surface area contributed by atoms with Crippen molar-refractivity contribution in [2.24, 2.45) is 0 Å². The van der Waals surface area contributed by atoms with Crippen LogP contribution in [-0.2, 0) is 0 Å². The predicted octanol–water partition coefficient (Wildman–Crippen LogP) is 2.27. The molecule has 0 saturated heterocycles. The van der Waals surface area contributed by atoms with E-state index < -0.39 is 5.91 Å². The van der Waals surface area contributed by atoms with Gasteiger partial charge in [-0.25, -0.2) is 9.97 Å². The second kappa shape index (κ2) is 5.01. The fourth-order valence-electron chi connectivity index (χ4n) is 1.40. The molecule has 0 saturated carbocycles. The van der Waals surface area contributed by atoms with Gasteiger partial charge in [0.05, 0.1) is 5.02 Å². The number of nitrogens with one attached hydrogen (secondary N) is 1. The van der Waals surface area contributed by atoms with Crippen LogP contribution in [0, 0.1) is 6.92 Å². The number of aryl methyl sites for hydroxylation is 1. The highest BCUT2D eigenvalue weighted by atomic mass is 35.5. The molecule has 0 bridgehead atoms. The van der Waals surface area contributed by atoms with Crippen molar-refractivity contribution in [2.45, 2.75) is 6.92 Å². The lowest BCUT2D eigenvalue weighted by Crippen LogP contribution is -2.16. The summed E-state index contributed by atoms with van der Waals surface area (Å²) in [6.07, 6.45) is 1.61. The summed E-state index contributed by atoms with van der Waals surface area (Å²) in [6.45, 7) is 1.91. The maximum Gasteiger partial charge on any atom is 0.277 e. The number of nitrogen functional groups attached to an aromatic ring is 1. The molecule has 5 nitrogen and oxygen atoms in total. The summed E-state index contributed by atoms with van der Waals surface area (Å²) in [5.41, 5.74) is 6.59. The molecule has 0 aliphatic rings. The number of aromatic nitrogens is 2. The van der Waals surface area contributed by atoms with Gasteiger partial charge in [0.15, 0.2) is 0 Å². The molecule has 18 heavy (non-hydrogen) atoms. The lowest BCUT2D eigenvalue weighted by atomic mass is 10.3. The van der Waals surface area contributed by atoms with Gasteiger partial charge in [-0.15, -0.1) is 0 Å². The Bertz CT molecular complexity index is 600. The minimum Gasteiger partial charge on any atom is -0.384 e. The minimum absolute atomic E-state index is 0.0833. The first-order valence-electron chi connectivity index (χ1n) is 5.22. The monoisotopic (exact) mass is 262 g/mol. The van der Waals surface area contributed by atoms with Crippen LogP contribution in [0.3, 0.4) is 0 Å². The van der Waals surface area contributed by atoms with Crippen molar-refractivity contribution in [3.8, 4) is 0 Å². The lowest BCUT2D eigenvalue weighted by Gasteiger charge is -2.06. The molecule has 3 N–H and O–H groups in total. The number of amides is 1. The van der Waals surface area contributed by atoms with Crippen LogP contribution in [0.5, 0.6) is 0 Å². The third kappa shape index (κ3) is 2.75. The standard InChI is InChI=1S/C12H11ClN4O/c1-7-4-5-15-10(6-7)17-12(18)11-8(13)2-3-9(14)16-11/h2-6H,1H3,(H2,14,16)(H,15,17,18). The van der Waals surface area contributed by atoms with Crippen LogP contribution in [0.4, 0.5) is 11.6 Å². The summed E-state index contributed by atoms with van der Waals surface area (Å²) >= 11 is 5.89. The zero-order valence-corrected chi connectivity index (χ0v) is 10.4. The Morgan fingerprint density at radius 2 is 2.17 bits per heavy atom. The number of rotatable bonds is 2. The molecule has 0 aliphatic heterocycles. The average Bonchev–Trinajstić information content (AvgIpc) is 2.32. The topological polar surface area (TPSA) is 80.9 Å². The van der Waals surface area contributed by atoms with E-state index in [2.05, 4.69) is 15.3 Å². The molecule has 0 aromatic carbocycles. The number of nitrogens with zero attached hydrogens (tertiary/aromatic N) is 2. The molecule has 92 valence electrons. The first-order valence-corrected chi connectivity index (χ1v) is 5.60. The van der Waals surface area contributed by atoms with Crippen LogP contribution in [0.25, 0.3) is 0 Å². The number of carbonyl (C=O) groups excluding carboxylic acids is 1. The summed E-state index contributed by atoms with van der Waals surface area (Å²) in [7, 11) is 0. The highest BCUT2D eigenvalue weighted by Crippen LogP contribution is 2.16. The molecule has 0 spiro atoms. The zero-order chi connectivity index (χ0) is 13.1. The van der Waals surface area contributed by atoms with E-state index in [9.17, 15) is 4.79 Å². The van der Waals surface area contributed by atoms with E-state index in [4.69, 9.17) is 17.3 Å². The maximum atomic E-state index is 11.9. The molecule has 0 atom stereocenters. The SMILES string of the molecule is Cc1ccnc(NC(=O)c2nc(N)ccc2Cl)c1. The Labute approximate surface area is 109 Å². The molecule has 2 heterocycles. The van der Waals surface area contributed by atoms with E-state index in [0.29, 0.717) is 5.82 Å². The molecule has 0 radical (unpaired) electrons. The molecular formula is C12H11ClN4O.